The zero-order chi connectivity index (χ0) is 36.0. The number of benzene rings is 3. The Labute approximate surface area is 291 Å². The van der Waals surface area contributed by atoms with Crippen molar-refractivity contribution in [2.45, 2.75) is 64.2 Å². The molecule has 4 heterocycles. The van der Waals surface area contributed by atoms with Crippen LogP contribution in [-0.4, -0.2) is 56.9 Å². The zero-order valence-electron chi connectivity index (χ0n) is 28.9. The monoisotopic (exact) mass is 693 g/mol. The lowest BCUT2D eigenvalue weighted by molar-refractivity contribution is -0.0945. The Morgan fingerprint density at radius 1 is 1.02 bits per heavy atom. The van der Waals surface area contributed by atoms with Crippen LogP contribution in [-0.2, 0) is 23.8 Å². The molecule has 262 valence electrons. The molecule has 1 atom stereocenters. The number of aryl methyl sites for hydroxylation is 3. The second kappa shape index (κ2) is 11.5. The quantitative estimate of drug-likeness (QED) is 0.234. The first kappa shape index (κ1) is 32.6. The second-order valence-corrected chi connectivity index (χ2v) is 14.3. The van der Waals surface area contributed by atoms with Crippen molar-refractivity contribution in [3.05, 3.63) is 123 Å². The molecule has 1 saturated carbocycles. The first-order valence-electron chi connectivity index (χ1n) is 16.8. The van der Waals surface area contributed by atoms with Gasteiger partial charge in [0.25, 0.3) is 0 Å². The van der Waals surface area contributed by atoms with Crippen molar-refractivity contribution in [2.24, 2.45) is 7.05 Å². The van der Waals surface area contributed by atoms with Crippen LogP contribution in [0.5, 0.6) is 0 Å². The molecular formula is C38H37F2N7O4. The van der Waals surface area contributed by atoms with Crippen molar-refractivity contribution in [1.29, 1.82) is 0 Å². The van der Waals surface area contributed by atoms with Crippen LogP contribution in [0.15, 0.2) is 78.0 Å². The molecule has 1 aliphatic heterocycles. The molecule has 3 aromatic carbocycles. The highest BCUT2D eigenvalue weighted by Gasteiger charge is 2.59. The molecule has 2 aliphatic rings. The molecular weight excluding hydrogens is 656 g/mol. The number of fused-ring (bicyclic) bond motifs is 3. The maximum atomic E-state index is 15.9. The average Bonchev–Trinajstić information content (AvgIpc) is 3.79. The van der Waals surface area contributed by atoms with Gasteiger partial charge >= 0.3 is 11.8 Å². The molecule has 11 nitrogen and oxygen atoms in total. The van der Waals surface area contributed by atoms with E-state index in [0.717, 1.165) is 5.56 Å². The highest BCUT2D eigenvalue weighted by atomic mass is 19.1. The molecule has 6 aromatic rings. The molecule has 1 N–H and O–H groups in total. The van der Waals surface area contributed by atoms with E-state index in [4.69, 9.17) is 9.84 Å². The fourth-order valence-electron chi connectivity index (χ4n) is 8.15. The molecule has 1 fully saturated rings. The number of hydrogen-bond acceptors (Lipinski definition) is 6. The predicted molar refractivity (Wildman–Crippen MR) is 185 cm³/mol. The highest BCUT2D eigenvalue weighted by Crippen LogP contribution is 2.56. The molecule has 1 aliphatic carbocycles. The van der Waals surface area contributed by atoms with Crippen LogP contribution in [0.1, 0.15) is 60.7 Å². The van der Waals surface area contributed by atoms with Gasteiger partial charge in [0, 0.05) is 37.0 Å². The Hall–Kier alpha value is -5.56. The number of aliphatic hydroxyl groups is 1. The molecule has 51 heavy (non-hydrogen) atoms. The van der Waals surface area contributed by atoms with E-state index in [1.54, 1.807) is 60.3 Å². The van der Waals surface area contributed by atoms with Gasteiger partial charge in [-0.1, -0.05) is 30.3 Å². The van der Waals surface area contributed by atoms with E-state index in [9.17, 15) is 19.1 Å². The van der Waals surface area contributed by atoms with Crippen molar-refractivity contribution in [3.63, 3.8) is 0 Å². The van der Waals surface area contributed by atoms with E-state index in [-0.39, 0.29) is 30.0 Å². The third kappa shape index (κ3) is 5.09. The first-order chi connectivity index (χ1) is 24.3. The predicted octanol–water partition coefficient (Wildman–Crippen LogP) is 6.09. The van der Waals surface area contributed by atoms with E-state index >= 15 is 4.39 Å². The summed E-state index contributed by atoms with van der Waals surface area (Å²) in [6, 6.07) is 15.3. The number of imidazole rings is 1. The highest BCUT2D eigenvalue weighted by molar-refractivity contribution is 5.81. The number of rotatable bonds is 5. The van der Waals surface area contributed by atoms with Gasteiger partial charge in [-0.25, -0.2) is 23.1 Å². The third-order valence-corrected chi connectivity index (χ3v) is 10.4. The second-order valence-electron chi connectivity index (χ2n) is 14.3. The molecule has 13 heteroatoms. The fraction of sp³-hybridized carbons (Fsp3) is 0.316. The lowest BCUT2D eigenvalue weighted by Crippen LogP contribution is -2.61. The number of halogens is 2. The Kier molecular flexibility index (Phi) is 7.35. The van der Waals surface area contributed by atoms with Gasteiger partial charge in [-0.2, -0.15) is 10.2 Å². The minimum atomic E-state index is -1.01. The van der Waals surface area contributed by atoms with Crippen molar-refractivity contribution in [2.75, 3.05) is 6.54 Å². The van der Waals surface area contributed by atoms with Crippen LogP contribution in [0, 0.1) is 25.5 Å². The number of amides is 1. The van der Waals surface area contributed by atoms with Crippen molar-refractivity contribution >= 4 is 17.0 Å². The summed E-state index contributed by atoms with van der Waals surface area (Å²) in [5.74, 6) is -0.632. The molecule has 0 unspecified atom stereocenters. The number of hydrogen-bond donors (Lipinski definition) is 1. The standard InChI is InChI=1S/C38H37F2N7O4/c1-22-15-26(16-23(2)31(22)39)47-34(45-14-13-44(35(45)48)29-12-11-28-27(32(29)40)17-41-43(28)5)30-24(3)46(36(49)51-18-25-9-7-6-8-10-25)21-38(33(30)42-47)19-37(4,50)20-38/h6-17,24,50H,18-21H2,1-5H3/t24-,37?,38?/m0/s1. The van der Waals surface area contributed by atoms with Gasteiger partial charge in [0.05, 0.1) is 45.8 Å². The number of ether oxygens (including phenoxy) is 1. The van der Waals surface area contributed by atoms with E-state index < -0.39 is 34.7 Å². The minimum absolute atomic E-state index is 0.0401. The van der Waals surface area contributed by atoms with E-state index in [2.05, 4.69) is 5.10 Å². The van der Waals surface area contributed by atoms with Gasteiger partial charge in [-0.05, 0) is 81.5 Å². The molecule has 1 spiro atoms. The largest absolute Gasteiger partial charge is 0.445 e. The number of aromatic nitrogens is 6. The van der Waals surface area contributed by atoms with Crippen LogP contribution in [0.4, 0.5) is 13.6 Å². The SMILES string of the molecule is Cc1cc(-n2nc3c(c2-n2ccn(-c4ccc5c(cnn5C)c4F)c2=O)[C@H](C)N(C(=O)OCc2ccccc2)CC32CC(C)(O)C2)cc(C)c1F. The third-order valence-electron chi connectivity index (χ3n) is 10.4. The van der Waals surface area contributed by atoms with Gasteiger partial charge < -0.3 is 14.7 Å². The summed E-state index contributed by atoms with van der Waals surface area (Å²) >= 11 is 0. The van der Waals surface area contributed by atoms with Gasteiger partial charge in [0.2, 0.25) is 0 Å². The molecule has 3 aromatic heterocycles. The van der Waals surface area contributed by atoms with Crippen molar-refractivity contribution in [1.82, 2.24) is 33.6 Å². The molecule has 0 bridgehead atoms. The summed E-state index contributed by atoms with van der Waals surface area (Å²) in [6.45, 7) is 7.21. The topological polar surface area (TPSA) is 112 Å². The normalized spacial score (nSPS) is 21.3. The van der Waals surface area contributed by atoms with Crippen LogP contribution in [0.3, 0.4) is 0 Å². The van der Waals surface area contributed by atoms with Crippen LogP contribution < -0.4 is 5.69 Å². The van der Waals surface area contributed by atoms with Gasteiger partial charge in [-0.15, -0.1) is 0 Å². The Bertz CT molecular complexity index is 2390. The number of nitrogens with zero attached hydrogens (tertiary/aromatic N) is 7. The van der Waals surface area contributed by atoms with Crippen molar-refractivity contribution in [3.8, 4) is 17.2 Å². The average molecular weight is 694 g/mol. The van der Waals surface area contributed by atoms with Crippen molar-refractivity contribution < 1.29 is 23.4 Å². The minimum Gasteiger partial charge on any atom is -0.445 e. The van der Waals surface area contributed by atoms with E-state index in [1.807, 2.05) is 37.3 Å². The summed E-state index contributed by atoms with van der Waals surface area (Å²) in [5, 5.41) is 20.6. The van der Waals surface area contributed by atoms with Crippen LogP contribution in [0.25, 0.3) is 28.1 Å². The van der Waals surface area contributed by atoms with Gasteiger partial charge in [0.1, 0.15) is 18.2 Å². The molecule has 8 rings (SSSR count). The lowest BCUT2D eigenvalue weighted by Gasteiger charge is -2.55. The Morgan fingerprint density at radius 2 is 1.71 bits per heavy atom. The number of carbonyl (C=O) groups excluding carboxylic acids is 1. The van der Waals surface area contributed by atoms with Crippen LogP contribution >= 0.6 is 0 Å². The summed E-state index contributed by atoms with van der Waals surface area (Å²) < 4.78 is 42.4. The zero-order valence-corrected chi connectivity index (χ0v) is 28.9. The summed E-state index contributed by atoms with van der Waals surface area (Å²) in [6.07, 6.45) is 4.51. The van der Waals surface area contributed by atoms with E-state index in [0.29, 0.717) is 52.2 Å². The molecule has 1 amide bonds. The maximum absolute atomic E-state index is 15.9. The summed E-state index contributed by atoms with van der Waals surface area (Å²) in [4.78, 5) is 29.9. The Morgan fingerprint density at radius 3 is 2.39 bits per heavy atom. The van der Waals surface area contributed by atoms with Gasteiger partial charge in [-0.3, -0.25) is 13.8 Å². The molecule has 0 radical (unpaired) electrons. The first-order valence-corrected chi connectivity index (χ1v) is 16.8. The number of carbonyl (C=O) groups is 1. The maximum Gasteiger partial charge on any atom is 0.410 e. The van der Waals surface area contributed by atoms with Crippen LogP contribution in [0.2, 0.25) is 0 Å². The molecule has 0 saturated heterocycles. The van der Waals surface area contributed by atoms with E-state index in [1.165, 1.54) is 33.8 Å². The summed E-state index contributed by atoms with van der Waals surface area (Å²) in [7, 11) is 1.71. The summed E-state index contributed by atoms with van der Waals surface area (Å²) in [5.41, 5.74) is 1.60. The lowest BCUT2D eigenvalue weighted by atomic mass is 9.56. The Balaban J connectivity index is 1.32. The fourth-order valence-corrected chi connectivity index (χ4v) is 8.15. The smallest absolute Gasteiger partial charge is 0.410 e. The van der Waals surface area contributed by atoms with Gasteiger partial charge in [0.15, 0.2) is 5.82 Å².